The molecule has 0 bridgehead atoms. The van der Waals surface area contributed by atoms with Crippen molar-refractivity contribution in [1.29, 1.82) is 0 Å². The number of rotatable bonds is 8. The number of halogens is 1. The predicted octanol–water partition coefficient (Wildman–Crippen LogP) is 5.54. The van der Waals surface area contributed by atoms with Crippen LogP contribution in [0.4, 0.5) is 10.3 Å². The van der Waals surface area contributed by atoms with Crippen molar-refractivity contribution in [3.8, 4) is 11.4 Å². The number of aromatic amines is 1. The van der Waals surface area contributed by atoms with Gasteiger partial charge in [-0.05, 0) is 36.5 Å². The predicted molar refractivity (Wildman–Crippen MR) is 133 cm³/mol. The van der Waals surface area contributed by atoms with Crippen LogP contribution in [0.5, 0.6) is 0 Å². The van der Waals surface area contributed by atoms with E-state index in [1.165, 1.54) is 34.4 Å². The smallest absolute Gasteiger partial charge is 0.227 e. The lowest BCUT2D eigenvalue weighted by Crippen LogP contribution is -2.13. The first-order valence-electron chi connectivity index (χ1n) is 11.7. The van der Waals surface area contributed by atoms with Gasteiger partial charge >= 0.3 is 0 Å². The number of aromatic nitrogens is 6. The van der Waals surface area contributed by atoms with Crippen molar-refractivity contribution in [2.24, 2.45) is 0 Å². The van der Waals surface area contributed by atoms with Crippen LogP contribution in [0.3, 0.4) is 0 Å². The van der Waals surface area contributed by atoms with Gasteiger partial charge < -0.3 is 10.3 Å². The van der Waals surface area contributed by atoms with Gasteiger partial charge in [0.15, 0.2) is 11.5 Å². The van der Waals surface area contributed by atoms with Crippen LogP contribution in [0.25, 0.3) is 27.9 Å². The van der Waals surface area contributed by atoms with Crippen molar-refractivity contribution in [1.82, 2.24) is 29.5 Å². The Kier molecular flexibility index (Phi) is 5.96. The maximum Gasteiger partial charge on any atom is 0.227 e. The first kappa shape index (κ1) is 22.0. The third-order valence-electron chi connectivity index (χ3n) is 6.04. The van der Waals surface area contributed by atoms with Crippen LogP contribution in [0.2, 0.25) is 0 Å². The summed E-state index contributed by atoms with van der Waals surface area (Å²) in [6, 6.07) is 9.82. The standard InChI is InChI=1S/C26H28FN7/c1-4-7-22-20(19-8-5-6-9-23(19)31-22)10-11-29-26-33-24(17-12-18(27)14-28-13-17)32-25-21(16(2)3)15-30-34(25)26/h5-6,8-9,12-16,31H,4,7,10-11H2,1-3H3,(H,29,32,33). The van der Waals surface area contributed by atoms with Crippen LogP contribution >= 0.6 is 0 Å². The van der Waals surface area contributed by atoms with E-state index in [4.69, 9.17) is 4.98 Å². The molecule has 8 heteroatoms. The number of H-pyrrole nitrogens is 1. The maximum absolute atomic E-state index is 13.8. The molecule has 5 rings (SSSR count). The van der Waals surface area contributed by atoms with Gasteiger partial charge in [0.2, 0.25) is 5.95 Å². The monoisotopic (exact) mass is 457 g/mol. The number of para-hydroxylation sites is 1. The molecule has 1 aromatic carbocycles. The number of nitrogens with one attached hydrogen (secondary N) is 2. The Morgan fingerprint density at radius 2 is 1.94 bits per heavy atom. The van der Waals surface area contributed by atoms with Crippen LogP contribution in [0, 0.1) is 5.82 Å². The molecule has 5 aromatic rings. The first-order chi connectivity index (χ1) is 16.5. The molecule has 0 aliphatic rings. The molecule has 0 unspecified atom stereocenters. The topological polar surface area (TPSA) is 83.8 Å². The zero-order valence-corrected chi connectivity index (χ0v) is 19.6. The molecular formula is C26H28FN7. The Bertz CT molecular complexity index is 1450. The number of hydrogen-bond acceptors (Lipinski definition) is 5. The third kappa shape index (κ3) is 4.11. The molecule has 0 aliphatic carbocycles. The molecule has 0 saturated carbocycles. The Hall–Kier alpha value is -3.81. The summed E-state index contributed by atoms with van der Waals surface area (Å²) in [4.78, 5) is 16.9. The highest BCUT2D eigenvalue weighted by Gasteiger charge is 2.17. The molecule has 34 heavy (non-hydrogen) atoms. The van der Waals surface area contributed by atoms with E-state index < -0.39 is 5.82 Å². The fourth-order valence-electron chi connectivity index (χ4n) is 4.38. The third-order valence-corrected chi connectivity index (χ3v) is 6.04. The van der Waals surface area contributed by atoms with Gasteiger partial charge in [-0.1, -0.05) is 45.4 Å². The molecule has 4 aromatic heterocycles. The molecular weight excluding hydrogens is 429 g/mol. The molecule has 174 valence electrons. The highest BCUT2D eigenvalue weighted by atomic mass is 19.1. The summed E-state index contributed by atoms with van der Waals surface area (Å²) in [5.74, 6) is 0.814. The quantitative estimate of drug-likeness (QED) is 0.320. The molecule has 0 fully saturated rings. The lowest BCUT2D eigenvalue weighted by molar-refractivity contribution is 0.622. The van der Waals surface area contributed by atoms with Gasteiger partial charge in [0.05, 0.1) is 12.4 Å². The Morgan fingerprint density at radius 3 is 2.74 bits per heavy atom. The molecule has 2 N–H and O–H groups in total. The number of hydrogen-bond donors (Lipinski definition) is 2. The number of anilines is 1. The zero-order valence-electron chi connectivity index (χ0n) is 19.6. The number of aryl methyl sites for hydroxylation is 1. The number of fused-ring (bicyclic) bond motifs is 2. The van der Waals surface area contributed by atoms with Crippen molar-refractivity contribution in [3.05, 3.63) is 71.6 Å². The van der Waals surface area contributed by atoms with Gasteiger partial charge in [0, 0.05) is 40.5 Å². The summed E-state index contributed by atoms with van der Waals surface area (Å²) in [6.45, 7) is 7.06. The van der Waals surface area contributed by atoms with Gasteiger partial charge in [0.1, 0.15) is 5.82 Å². The number of pyridine rings is 1. The summed E-state index contributed by atoms with van der Waals surface area (Å²) in [7, 11) is 0. The SMILES string of the molecule is CCCc1[nH]c2ccccc2c1CCNc1nc(-c2cncc(F)c2)nc2c(C(C)C)cnn12. The second kappa shape index (κ2) is 9.21. The average Bonchev–Trinajstić information content (AvgIpc) is 3.41. The van der Waals surface area contributed by atoms with E-state index in [2.05, 4.69) is 70.4 Å². The Labute approximate surface area is 197 Å². The highest BCUT2D eigenvalue weighted by molar-refractivity contribution is 5.84. The van der Waals surface area contributed by atoms with E-state index in [1.807, 2.05) is 6.20 Å². The van der Waals surface area contributed by atoms with Crippen molar-refractivity contribution in [2.45, 2.75) is 46.0 Å². The minimum Gasteiger partial charge on any atom is -0.358 e. The first-order valence-corrected chi connectivity index (χ1v) is 11.7. The van der Waals surface area contributed by atoms with Crippen LogP contribution in [0.15, 0.2) is 48.9 Å². The van der Waals surface area contributed by atoms with Crippen molar-refractivity contribution in [2.75, 3.05) is 11.9 Å². The van der Waals surface area contributed by atoms with Crippen LogP contribution in [0.1, 0.15) is 49.9 Å². The molecule has 0 saturated heterocycles. The van der Waals surface area contributed by atoms with Crippen molar-refractivity contribution >= 4 is 22.5 Å². The molecule has 0 aliphatic heterocycles. The molecule has 4 heterocycles. The summed E-state index contributed by atoms with van der Waals surface area (Å²) < 4.78 is 15.6. The van der Waals surface area contributed by atoms with Gasteiger partial charge in [-0.3, -0.25) is 4.98 Å². The fourth-order valence-corrected chi connectivity index (χ4v) is 4.38. The van der Waals surface area contributed by atoms with E-state index in [-0.39, 0.29) is 5.92 Å². The summed E-state index contributed by atoms with van der Waals surface area (Å²) in [6.07, 6.45) is 7.50. The van der Waals surface area contributed by atoms with Crippen molar-refractivity contribution < 1.29 is 4.39 Å². The summed E-state index contributed by atoms with van der Waals surface area (Å²) in [5.41, 5.74) is 6.03. The van der Waals surface area contributed by atoms with E-state index in [0.29, 0.717) is 29.5 Å². The van der Waals surface area contributed by atoms with Gasteiger partial charge in [-0.25, -0.2) is 9.37 Å². The summed E-state index contributed by atoms with van der Waals surface area (Å²) in [5, 5.41) is 9.25. The fraction of sp³-hybridized carbons (Fsp3) is 0.308. The van der Waals surface area contributed by atoms with E-state index in [0.717, 1.165) is 24.8 Å². The van der Waals surface area contributed by atoms with E-state index in [1.54, 1.807) is 10.7 Å². The van der Waals surface area contributed by atoms with Gasteiger partial charge in [-0.2, -0.15) is 14.6 Å². The number of benzene rings is 1. The zero-order chi connectivity index (χ0) is 23.7. The minimum atomic E-state index is -0.420. The second-order valence-corrected chi connectivity index (χ2v) is 8.81. The Balaban J connectivity index is 1.49. The van der Waals surface area contributed by atoms with E-state index in [9.17, 15) is 4.39 Å². The van der Waals surface area contributed by atoms with Gasteiger partial charge in [-0.15, -0.1) is 0 Å². The lowest BCUT2D eigenvalue weighted by Gasteiger charge is -2.11. The van der Waals surface area contributed by atoms with Crippen molar-refractivity contribution in [3.63, 3.8) is 0 Å². The molecule has 0 amide bonds. The summed E-state index contributed by atoms with van der Waals surface area (Å²) >= 11 is 0. The average molecular weight is 458 g/mol. The largest absolute Gasteiger partial charge is 0.358 e. The lowest BCUT2D eigenvalue weighted by atomic mass is 10.1. The number of nitrogens with zero attached hydrogens (tertiary/aromatic N) is 5. The molecule has 7 nitrogen and oxygen atoms in total. The molecule has 0 atom stereocenters. The Morgan fingerprint density at radius 1 is 1.09 bits per heavy atom. The van der Waals surface area contributed by atoms with E-state index >= 15 is 0 Å². The minimum absolute atomic E-state index is 0.238. The molecule has 0 radical (unpaired) electrons. The van der Waals surface area contributed by atoms with Crippen LogP contribution in [-0.2, 0) is 12.8 Å². The molecule has 0 spiro atoms. The maximum atomic E-state index is 13.8. The highest BCUT2D eigenvalue weighted by Crippen LogP contribution is 2.26. The second-order valence-electron chi connectivity index (χ2n) is 8.81. The van der Waals surface area contributed by atoms with Crippen LogP contribution in [-0.4, -0.2) is 36.1 Å². The van der Waals surface area contributed by atoms with Crippen LogP contribution < -0.4 is 5.32 Å². The normalized spacial score (nSPS) is 11.7. The van der Waals surface area contributed by atoms with Gasteiger partial charge in [0.25, 0.3) is 0 Å².